The molecule has 23 aromatic rings. The molecule has 0 aliphatic carbocycles. The summed E-state index contributed by atoms with van der Waals surface area (Å²) in [4.78, 5) is 14.0. The van der Waals surface area contributed by atoms with E-state index in [0.29, 0.717) is 39.6 Å². The number of imidazole rings is 2. The van der Waals surface area contributed by atoms with Gasteiger partial charge >= 0.3 is 0 Å². The summed E-state index contributed by atoms with van der Waals surface area (Å²) >= 11 is 0. The number of rotatable bonds is 18. The van der Waals surface area contributed by atoms with Gasteiger partial charge in [0.1, 0.15) is 11.6 Å². The second-order valence-corrected chi connectivity index (χ2v) is 38.2. The summed E-state index contributed by atoms with van der Waals surface area (Å²) in [6.07, 6.45) is 10.3. The van der Waals surface area contributed by atoms with Crippen LogP contribution < -0.4 is 39.4 Å². The van der Waals surface area contributed by atoms with Crippen LogP contribution in [0.3, 0.4) is 0 Å². The fourth-order valence-corrected chi connectivity index (χ4v) is 22.7. The number of benzene rings is 16. The van der Waals surface area contributed by atoms with Crippen LogP contribution in [0.5, 0.6) is 23.0 Å². The molecular weight excluding hydrogens is 2050 g/mol. The minimum absolute atomic E-state index is 0. The van der Waals surface area contributed by atoms with Crippen molar-refractivity contribution in [3.05, 3.63) is 478 Å². The van der Waals surface area contributed by atoms with Crippen molar-refractivity contribution in [3.8, 4) is 102 Å². The maximum atomic E-state index is 9.28. The number of hydrogen-bond acceptors (Lipinski definition) is 5. The summed E-state index contributed by atoms with van der Waals surface area (Å²) in [6, 6.07) is 91.7. The molecule has 0 aliphatic rings. The largest absolute Gasteiger partial charge is 0.510 e. The summed E-state index contributed by atoms with van der Waals surface area (Å²) in [7, 11) is -3.38. The van der Waals surface area contributed by atoms with Crippen LogP contribution in [0.1, 0.15) is 99.7 Å². The van der Waals surface area contributed by atoms with Crippen molar-refractivity contribution >= 4 is 94.5 Å². The van der Waals surface area contributed by atoms with Gasteiger partial charge in [-0.05, 0) is 146 Å². The van der Waals surface area contributed by atoms with Crippen LogP contribution in [0.25, 0.3) is 145 Å². The van der Waals surface area contributed by atoms with Crippen LogP contribution in [0.2, 0.25) is 0 Å². The molecule has 0 saturated carbocycles. The summed E-state index contributed by atoms with van der Waals surface area (Å²) in [5.41, 5.74) is 4.34. The number of para-hydroxylation sites is 8. The Morgan fingerprint density at radius 2 is 0.730 bits per heavy atom. The maximum Gasteiger partial charge on any atom is 0.268 e. The Labute approximate surface area is 864 Å². The normalized spacial score (nSPS) is 14.6. The average Bonchev–Trinajstić information content (AvgIpc) is 1.69. The molecule has 0 radical (unpaired) electrons. The van der Waals surface area contributed by atoms with E-state index < -0.39 is 160 Å². The van der Waals surface area contributed by atoms with E-state index >= 15 is 0 Å². The topological polar surface area (TPSA) is 84.6 Å². The van der Waals surface area contributed by atoms with Gasteiger partial charge in [-0.3, -0.25) is 9.13 Å². The van der Waals surface area contributed by atoms with Gasteiger partial charge in [0.2, 0.25) is 0 Å². The van der Waals surface area contributed by atoms with Crippen LogP contribution in [-0.2, 0) is 53.0 Å². The molecule has 137 heavy (non-hydrogen) atoms. The zero-order chi connectivity index (χ0) is 114. The molecule has 0 spiro atoms. The second kappa shape index (κ2) is 37.5. The Bertz CT molecular complexity index is 9630. The molecule has 0 atom stereocenters. The third-order valence-corrected chi connectivity index (χ3v) is 28.9. The van der Waals surface area contributed by atoms with Gasteiger partial charge in [-0.25, -0.2) is 9.97 Å². The standard InChI is InChI=1S/C70H52N4OSi.C53H41N5O.2Pt/c1-70(2,3)52-42-43-71-68(44-52)74-64-37-20-19-34-62(64)63-41-40-54(48-67(63)74)75-55-45-53(46-59(47-55)76(56-28-13-6-14-29-56,57-30-15-7-16-31-57)58-32-17-8-18-33-58)72-49-73(66-39-22-21-38-65(66)72)69-60(50-24-9-4-10-25-50)35-23-36-61(69)51-26-11-5-12-27-51;1-35-48(56-34-57(47-26-15-14-25-46(47)56)52-41(37-17-8-6-9-18-37)22-16-23-42(52)38-19-10-7-11-20-38)33-50(36(2)55-35)59-40-27-28-44-43-21-12-13-24-45(43)58(49(44)32-40)51-31-39(29-30-54-51)53(3,4)5;;/h4-44,46-47H,1-3H3;6-31H,1-5H3;;/q2*-2;;/i4D,5D,9D,10D,11D,12D,24D,25D,26D,27D;1D3,2D3,6D,7D,8D,9D,10D,11D,17D,18D,19D,20D;;. The molecule has 0 N–H and O–H groups in total. The molecule has 0 bridgehead atoms. The van der Waals surface area contributed by atoms with Crippen molar-refractivity contribution in [1.82, 2.24) is 33.2 Å². The molecule has 11 nitrogen and oxygen atoms in total. The predicted octanol–water partition coefficient (Wildman–Crippen LogP) is 25.8. The number of fused-ring (bicyclic) bond motifs is 8. The average molecular weight is 2170 g/mol. The molecule has 0 saturated heterocycles. The number of nitrogens with zero attached hydrogens (tertiary/aromatic N) is 9. The van der Waals surface area contributed by atoms with Crippen LogP contribution in [0.15, 0.2) is 418 Å². The SMILES string of the molecule is [2H]c1c([2H])c([2H])c(-c2cccc(-c3c([2H])c([2H])c([2H])c([2H])c3[2H])c2-[n+]2[c-]n(-c3[c-]c(Oc4[c-]c5c(cc4)c4ccccc4n5-c4cc(C(C)(C)C)ccn4)c(C([2H])([2H])[2H])nc3C([2H])([2H])[2H])c3ccccc32)c([2H])c1[2H].[2H]c1c([2H])c([2H])c(-c2cccc(-c3c([2H])c([2H])c([2H])c([2H])c3[2H])c2-[n+]2[c-]n(-c3[c-]c(Oc4[c-]c5c(cc4)c4ccccc4n5-c4cc(C(C)(C)C)ccn4)cc([Si](c4ccccc4)(c4ccccc4)c4ccccc4)c3)c3ccccc32)c([2H])c1[2H].[Pt].[Pt]. The number of hydrogen-bond donors (Lipinski definition) is 0. The summed E-state index contributed by atoms with van der Waals surface area (Å²) < 4.78 is 252. The van der Waals surface area contributed by atoms with Crippen molar-refractivity contribution in [2.45, 2.75) is 66.1 Å². The van der Waals surface area contributed by atoms with E-state index in [1.54, 1.807) is 65.4 Å². The van der Waals surface area contributed by atoms with Gasteiger partial charge in [-0.15, -0.1) is 53.2 Å². The molecule has 0 amide bonds. The first kappa shape index (κ1) is 63.8. The first-order valence-electron chi connectivity index (χ1n) is 56.7. The van der Waals surface area contributed by atoms with Crippen molar-refractivity contribution in [2.24, 2.45) is 0 Å². The summed E-state index contributed by atoms with van der Waals surface area (Å²) in [6.45, 7) is 6.64. The molecular formula is C123H93N9O2Pt2Si-4. The number of aromatic nitrogens is 9. The van der Waals surface area contributed by atoms with E-state index in [1.807, 2.05) is 125 Å². The van der Waals surface area contributed by atoms with Gasteiger partial charge in [0.25, 0.3) is 12.7 Å². The van der Waals surface area contributed by atoms with E-state index in [2.05, 4.69) is 191 Å². The van der Waals surface area contributed by atoms with E-state index in [4.69, 9.17) is 49.6 Å². The predicted molar refractivity (Wildman–Crippen MR) is 550 cm³/mol. The molecule has 670 valence electrons. The third kappa shape index (κ3) is 16.7. The van der Waals surface area contributed by atoms with Gasteiger partial charge < -0.3 is 32.7 Å². The Morgan fingerprint density at radius 1 is 0.343 bits per heavy atom. The monoisotopic (exact) mass is 2170 g/mol. The fourth-order valence-electron chi connectivity index (χ4n) is 18.0. The molecule has 16 aromatic carbocycles. The van der Waals surface area contributed by atoms with Crippen LogP contribution in [0.4, 0.5) is 0 Å². The van der Waals surface area contributed by atoms with Gasteiger partial charge in [0, 0.05) is 96.8 Å². The third-order valence-electron chi connectivity index (χ3n) is 24.2. The zero-order valence-electron chi connectivity index (χ0n) is 100. The molecule has 23 rings (SSSR count). The first-order chi connectivity index (χ1) is 76.8. The second-order valence-electron chi connectivity index (χ2n) is 34.4. The van der Waals surface area contributed by atoms with Crippen LogP contribution in [-0.4, -0.2) is 41.3 Å². The maximum absolute atomic E-state index is 9.28. The number of ether oxygens (including phenoxy) is 2. The van der Waals surface area contributed by atoms with Crippen molar-refractivity contribution in [2.75, 3.05) is 0 Å². The van der Waals surface area contributed by atoms with Crippen molar-refractivity contribution in [3.63, 3.8) is 0 Å². The minimum Gasteiger partial charge on any atom is -0.510 e. The quantitative estimate of drug-likeness (QED) is 0.0370. The molecule has 0 unspecified atom stereocenters. The van der Waals surface area contributed by atoms with Crippen LogP contribution in [0, 0.1) is 50.6 Å². The number of aryl methyl sites for hydroxylation is 2. The van der Waals surface area contributed by atoms with E-state index in [9.17, 15) is 5.48 Å². The first-order valence-corrected chi connectivity index (χ1v) is 45.7. The Hall–Kier alpha value is -15.3. The van der Waals surface area contributed by atoms with E-state index in [-0.39, 0.29) is 131 Å². The minimum atomic E-state index is -3.38. The zero-order valence-corrected chi connectivity index (χ0v) is 79.8. The van der Waals surface area contributed by atoms with E-state index in [1.165, 1.54) is 27.3 Å². The summed E-state index contributed by atoms with van der Waals surface area (Å²) in [5.74, 6) is 1.62. The van der Waals surface area contributed by atoms with Gasteiger partial charge in [-0.2, -0.15) is 23.4 Å². The van der Waals surface area contributed by atoms with Crippen LogP contribution >= 0.6 is 0 Å². The van der Waals surface area contributed by atoms with Crippen molar-refractivity contribution < 1.29 is 96.4 Å². The Morgan fingerprint density at radius 3 is 1.15 bits per heavy atom. The van der Waals surface area contributed by atoms with Crippen molar-refractivity contribution in [1.29, 1.82) is 0 Å². The fraction of sp³-hybridized carbons (Fsp3) is 0.0813. The van der Waals surface area contributed by atoms with Gasteiger partial charge in [-0.1, -0.05) is 405 Å². The molecule has 0 fully saturated rings. The Kier molecular flexibility index (Phi) is 17.5. The van der Waals surface area contributed by atoms with E-state index in [0.717, 1.165) is 75.8 Å². The molecule has 7 heterocycles. The molecule has 7 aromatic heterocycles. The summed E-state index contributed by atoms with van der Waals surface area (Å²) in [5, 5.41) is 7.84. The number of pyridine rings is 3. The Balaban J connectivity index is 0.000000193. The van der Waals surface area contributed by atoms with Gasteiger partial charge in [0.15, 0.2) is 8.07 Å². The smallest absolute Gasteiger partial charge is 0.268 e. The molecule has 0 aliphatic heterocycles. The van der Waals surface area contributed by atoms with Gasteiger partial charge in [0.05, 0.1) is 60.9 Å². The molecule has 14 heteroatoms.